The molecule has 0 radical (unpaired) electrons. The average molecular weight is 240 g/mol. The molecule has 1 aliphatic heterocycles. The highest BCUT2D eigenvalue weighted by molar-refractivity contribution is 6.10. The number of nitrogens with zero attached hydrogens (tertiary/aromatic N) is 1. The number of carbonyl (C=O) groups is 2. The highest BCUT2D eigenvalue weighted by Gasteiger charge is 2.22. The first kappa shape index (κ1) is 10.8. The minimum atomic E-state index is -0.503. The number of amides is 1. The van der Waals surface area contributed by atoms with Gasteiger partial charge in [0.05, 0.1) is 11.3 Å². The summed E-state index contributed by atoms with van der Waals surface area (Å²) in [4.78, 5) is 23.5. The summed E-state index contributed by atoms with van der Waals surface area (Å²) in [5.41, 5.74) is 7.93. The summed E-state index contributed by atoms with van der Waals surface area (Å²) in [6.45, 7) is 0.686. The Hall–Kier alpha value is -2.36. The molecule has 2 heterocycles. The molecule has 0 bridgehead atoms. The SMILES string of the molecule is NC(=O)c1cc2n(c1)CCc1ccccc1C2=O. The molecular formula is C14H12N2O2. The zero-order chi connectivity index (χ0) is 12.7. The van der Waals surface area contributed by atoms with Crippen LogP contribution in [0, 0.1) is 0 Å². The van der Waals surface area contributed by atoms with Crippen LogP contribution < -0.4 is 5.73 Å². The number of fused-ring (bicyclic) bond motifs is 2. The summed E-state index contributed by atoms with van der Waals surface area (Å²) in [6.07, 6.45) is 2.43. The van der Waals surface area contributed by atoms with Crippen molar-refractivity contribution in [2.75, 3.05) is 0 Å². The van der Waals surface area contributed by atoms with Crippen molar-refractivity contribution >= 4 is 11.7 Å². The van der Waals surface area contributed by atoms with Crippen LogP contribution in [0.25, 0.3) is 0 Å². The van der Waals surface area contributed by atoms with Crippen molar-refractivity contribution < 1.29 is 9.59 Å². The lowest BCUT2D eigenvalue weighted by atomic mass is 10.0. The number of carbonyl (C=O) groups excluding carboxylic acids is 2. The molecule has 90 valence electrons. The standard InChI is InChI=1S/C14H12N2O2/c15-14(18)10-7-12-13(17)11-4-2-1-3-9(11)5-6-16(12)8-10/h1-4,7-8H,5-6H2,(H2,15,18). The van der Waals surface area contributed by atoms with E-state index >= 15 is 0 Å². The third kappa shape index (κ3) is 1.54. The van der Waals surface area contributed by atoms with Crippen LogP contribution in [0.1, 0.15) is 32.0 Å². The van der Waals surface area contributed by atoms with Crippen LogP contribution in [-0.4, -0.2) is 16.3 Å². The maximum absolute atomic E-state index is 12.4. The second-order valence-electron chi connectivity index (χ2n) is 4.41. The van der Waals surface area contributed by atoms with Gasteiger partial charge in [-0.1, -0.05) is 24.3 Å². The third-order valence-electron chi connectivity index (χ3n) is 3.30. The first-order valence-corrected chi connectivity index (χ1v) is 5.79. The summed E-state index contributed by atoms with van der Waals surface area (Å²) in [5.74, 6) is -0.549. The van der Waals surface area contributed by atoms with Crippen LogP contribution in [0.5, 0.6) is 0 Å². The van der Waals surface area contributed by atoms with Gasteiger partial charge in [-0.2, -0.15) is 0 Å². The third-order valence-corrected chi connectivity index (χ3v) is 3.30. The molecule has 0 saturated carbocycles. The quantitative estimate of drug-likeness (QED) is 0.818. The maximum atomic E-state index is 12.4. The van der Waals surface area contributed by atoms with E-state index in [1.54, 1.807) is 12.3 Å². The van der Waals surface area contributed by atoms with Crippen molar-refractivity contribution in [3.63, 3.8) is 0 Å². The van der Waals surface area contributed by atoms with Crippen molar-refractivity contribution in [1.29, 1.82) is 0 Å². The smallest absolute Gasteiger partial charge is 0.250 e. The first-order chi connectivity index (χ1) is 8.66. The Kier molecular flexibility index (Phi) is 2.30. The van der Waals surface area contributed by atoms with Gasteiger partial charge in [0.2, 0.25) is 11.7 Å². The van der Waals surface area contributed by atoms with E-state index in [-0.39, 0.29) is 5.78 Å². The van der Waals surface area contributed by atoms with E-state index < -0.39 is 5.91 Å². The van der Waals surface area contributed by atoms with Gasteiger partial charge in [-0.15, -0.1) is 0 Å². The van der Waals surface area contributed by atoms with Gasteiger partial charge in [0.15, 0.2) is 0 Å². The molecule has 0 aliphatic carbocycles. The predicted octanol–water partition coefficient (Wildman–Crippen LogP) is 1.37. The van der Waals surface area contributed by atoms with E-state index in [2.05, 4.69) is 0 Å². The number of primary amides is 1. The summed E-state index contributed by atoms with van der Waals surface area (Å²) >= 11 is 0. The number of hydrogen-bond acceptors (Lipinski definition) is 2. The molecule has 0 fully saturated rings. The van der Waals surface area contributed by atoms with Gasteiger partial charge in [0.25, 0.3) is 0 Å². The van der Waals surface area contributed by atoms with Gasteiger partial charge in [-0.25, -0.2) is 0 Å². The number of rotatable bonds is 1. The van der Waals surface area contributed by atoms with Gasteiger partial charge < -0.3 is 10.3 Å². The van der Waals surface area contributed by atoms with E-state index in [9.17, 15) is 9.59 Å². The molecule has 2 aromatic rings. The fraction of sp³-hybridized carbons (Fsp3) is 0.143. The molecule has 0 saturated heterocycles. The van der Waals surface area contributed by atoms with Crippen molar-refractivity contribution in [2.45, 2.75) is 13.0 Å². The van der Waals surface area contributed by atoms with Crippen LogP contribution in [0.2, 0.25) is 0 Å². The van der Waals surface area contributed by atoms with E-state index in [0.29, 0.717) is 23.4 Å². The average Bonchev–Trinajstić information content (AvgIpc) is 2.75. The maximum Gasteiger partial charge on any atom is 0.250 e. The Morgan fingerprint density at radius 3 is 2.83 bits per heavy atom. The van der Waals surface area contributed by atoms with Crippen LogP contribution >= 0.6 is 0 Å². The summed E-state index contributed by atoms with van der Waals surface area (Å²) in [6, 6.07) is 9.15. The number of benzene rings is 1. The molecule has 4 nitrogen and oxygen atoms in total. The fourth-order valence-corrected chi connectivity index (χ4v) is 2.36. The van der Waals surface area contributed by atoms with Gasteiger partial charge in [0, 0.05) is 18.3 Å². The summed E-state index contributed by atoms with van der Waals surface area (Å²) in [5, 5.41) is 0. The topological polar surface area (TPSA) is 65.1 Å². The molecule has 18 heavy (non-hydrogen) atoms. The van der Waals surface area contributed by atoms with Crippen molar-refractivity contribution in [3.8, 4) is 0 Å². The Labute approximate surface area is 104 Å². The Bertz CT molecular complexity index is 656. The summed E-state index contributed by atoms with van der Waals surface area (Å²) < 4.78 is 1.81. The minimum absolute atomic E-state index is 0.0457. The highest BCUT2D eigenvalue weighted by Crippen LogP contribution is 2.22. The molecule has 0 atom stereocenters. The number of ketones is 1. The van der Waals surface area contributed by atoms with Gasteiger partial charge in [0.1, 0.15) is 0 Å². The fourth-order valence-electron chi connectivity index (χ4n) is 2.36. The second-order valence-corrected chi connectivity index (χ2v) is 4.41. The highest BCUT2D eigenvalue weighted by atomic mass is 16.1. The number of nitrogens with two attached hydrogens (primary N) is 1. The first-order valence-electron chi connectivity index (χ1n) is 5.79. The van der Waals surface area contributed by atoms with Crippen LogP contribution in [0.15, 0.2) is 36.5 Å². The van der Waals surface area contributed by atoms with Gasteiger partial charge >= 0.3 is 0 Å². The van der Waals surface area contributed by atoms with Gasteiger partial charge in [-0.3, -0.25) is 9.59 Å². The predicted molar refractivity (Wildman–Crippen MR) is 66.5 cm³/mol. The Balaban J connectivity index is 2.15. The van der Waals surface area contributed by atoms with Crippen LogP contribution in [0.4, 0.5) is 0 Å². The second kappa shape index (κ2) is 3.84. The minimum Gasteiger partial charge on any atom is -0.366 e. The molecule has 1 aromatic heterocycles. The molecule has 0 spiro atoms. The monoisotopic (exact) mass is 240 g/mol. The van der Waals surface area contributed by atoms with Gasteiger partial charge in [-0.05, 0) is 18.1 Å². The molecule has 2 N–H and O–H groups in total. The molecule has 0 unspecified atom stereocenters. The van der Waals surface area contributed by atoms with Crippen molar-refractivity contribution in [2.24, 2.45) is 5.73 Å². The number of aromatic nitrogens is 1. The molecule has 3 rings (SSSR count). The van der Waals surface area contributed by atoms with E-state index in [0.717, 1.165) is 12.0 Å². The lowest BCUT2D eigenvalue weighted by Gasteiger charge is -2.01. The molecule has 1 aliphatic rings. The van der Waals surface area contributed by atoms with E-state index in [4.69, 9.17) is 5.73 Å². The van der Waals surface area contributed by atoms with Crippen molar-refractivity contribution in [3.05, 3.63) is 58.9 Å². The zero-order valence-electron chi connectivity index (χ0n) is 9.72. The number of hydrogen-bond donors (Lipinski definition) is 1. The zero-order valence-corrected chi connectivity index (χ0v) is 9.72. The Morgan fingerprint density at radius 2 is 2.06 bits per heavy atom. The largest absolute Gasteiger partial charge is 0.366 e. The molecular weight excluding hydrogens is 228 g/mol. The van der Waals surface area contributed by atoms with Crippen LogP contribution in [-0.2, 0) is 13.0 Å². The molecule has 1 aromatic carbocycles. The van der Waals surface area contributed by atoms with E-state index in [1.807, 2.05) is 28.8 Å². The lowest BCUT2D eigenvalue weighted by Crippen LogP contribution is -2.10. The van der Waals surface area contributed by atoms with Crippen molar-refractivity contribution in [1.82, 2.24) is 4.57 Å². The van der Waals surface area contributed by atoms with Crippen LogP contribution in [0.3, 0.4) is 0 Å². The molecule has 1 amide bonds. The van der Waals surface area contributed by atoms with E-state index in [1.165, 1.54) is 0 Å². The number of aryl methyl sites for hydroxylation is 2. The Morgan fingerprint density at radius 1 is 1.28 bits per heavy atom. The normalized spacial score (nSPS) is 13.7. The lowest BCUT2D eigenvalue weighted by molar-refractivity contribution is 0.0999. The molecule has 4 heteroatoms. The summed E-state index contributed by atoms with van der Waals surface area (Å²) in [7, 11) is 0.